The van der Waals surface area contributed by atoms with Gasteiger partial charge in [0, 0.05) is 11.8 Å². The molecule has 2 bridgehead atoms. The molecule has 2 atom stereocenters. The highest BCUT2D eigenvalue weighted by Crippen LogP contribution is 2.64. The lowest BCUT2D eigenvalue weighted by Crippen LogP contribution is -2.63. The van der Waals surface area contributed by atoms with Gasteiger partial charge in [0.25, 0.3) is 19.7 Å². The van der Waals surface area contributed by atoms with Crippen molar-refractivity contribution in [1.29, 1.82) is 0 Å². The number of ketones is 1. The van der Waals surface area contributed by atoms with E-state index in [9.17, 15) is 106 Å². The maximum absolute atomic E-state index is 12.8. The second-order valence-electron chi connectivity index (χ2n) is 33.6. The van der Waals surface area contributed by atoms with E-state index in [0.29, 0.717) is 24.0 Å². The first kappa shape index (κ1) is 110. The van der Waals surface area contributed by atoms with Gasteiger partial charge in [-0.3, -0.25) is 4.79 Å². The quantitative estimate of drug-likeness (QED) is 0.0138. The minimum Gasteiger partial charge on any atom is -0.748 e. The number of alkyl halides is 9. The van der Waals surface area contributed by atoms with Gasteiger partial charge in [0.2, 0.25) is 0 Å². The van der Waals surface area contributed by atoms with Crippen molar-refractivity contribution in [1.82, 2.24) is 0 Å². The summed E-state index contributed by atoms with van der Waals surface area (Å²) in [5, 5.41) is -7.11. The second-order valence-corrected chi connectivity index (χ2v) is 47.9. The average molecular weight is 2010 g/mol. The van der Waals surface area contributed by atoms with E-state index in [4.69, 9.17) is 9.47 Å². The van der Waals surface area contributed by atoms with Crippen molar-refractivity contribution in [2.75, 3.05) is 5.75 Å². The number of sulfone groups is 2. The van der Waals surface area contributed by atoms with Crippen molar-refractivity contribution in [3.8, 4) is 11.5 Å². The van der Waals surface area contributed by atoms with E-state index >= 15 is 0 Å². The fourth-order valence-electron chi connectivity index (χ4n) is 14.4. The summed E-state index contributed by atoms with van der Waals surface area (Å²) in [6.07, 6.45) is -5.29. The molecule has 2 fully saturated rings. The van der Waals surface area contributed by atoms with E-state index in [0.717, 1.165) is 34.6 Å². The Morgan fingerprint density at radius 3 is 0.889 bits per heavy atom. The molecule has 14 rings (SSSR count). The maximum Gasteiger partial charge on any atom is 0.504 e. The van der Waals surface area contributed by atoms with Crippen LogP contribution in [0.25, 0.3) is 5.53 Å². The zero-order valence-electron chi connectivity index (χ0n) is 75.6. The predicted octanol–water partition coefficient (Wildman–Crippen LogP) is 23.2. The molecule has 18 nitrogen and oxygen atoms in total. The lowest BCUT2D eigenvalue weighted by Gasteiger charge is -2.37. The molecular weight excluding hydrogens is 1910 g/mol. The average Bonchev–Trinajstić information content (AvgIpc) is 1.58. The van der Waals surface area contributed by atoms with E-state index in [1.54, 1.807) is 64.1 Å². The van der Waals surface area contributed by atoms with Gasteiger partial charge in [-0.2, -0.15) is 39.5 Å². The van der Waals surface area contributed by atoms with Crippen molar-refractivity contribution < 1.29 is 114 Å². The molecule has 2 aliphatic carbocycles. The number of aryl methyl sites for hydroxylation is 5. The summed E-state index contributed by atoms with van der Waals surface area (Å²) < 4.78 is 261. The third kappa shape index (κ3) is 28.5. The molecule has 2 unspecified atom stereocenters. The summed E-state index contributed by atoms with van der Waals surface area (Å²) >= 11 is 0. The highest BCUT2D eigenvalue weighted by atomic mass is 32.3. The summed E-state index contributed by atoms with van der Waals surface area (Å²) in [4.78, 5) is 25.9. The van der Waals surface area contributed by atoms with E-state index in [2.05, 4.69) is 307 Å². The monoisotopic (exact) mass is 2010 g/mol. The summed E-state index contributed by atoms with van der Waals surface area (Å²) in [5.74, 6) is -13.3. The van der Waals surface area contributed by atoms with Gasteiger partial charge in [-0.15, -0.1) is 4.79 Å². The van der Waals surface area contributed by atoms with Crippen LogP contribution in [0.4, 0.5) is 39.5 Å². The van der Waals surface area contributed by atoms with Gasteiger partial charge in [0.05, 0.1) is 63.2 Å². The third-order valence-corrected chi connectivity index (χ3v) is 34.6. The molecule has 2 aliphatic rings. The summed E-state index contributed by atoms with van der Waals surface area (Å²) in [6, 6.07) is 107. The first-order chi connectivity index (χ1) is 62.7. The Morgan fingerprint density at radius 1 is 0.400 bits per heavy atom. The molecule has 0 aromatic heterocycles. The van der Waals surface area contributed by atoms with E-state index in [-0.39, 0.29) is 75.7 Å². The molecule has 0 heterocycles. The minimum atomic E-state index is -7.43. The minimum absolute atomic E-state index is 0.0146. The molecule has 12 aromatic rings. The number of ether oxygens (including phenoxy) is 2. The smallest absolute Gasteiger partial charge is 0.504 e. The van der Waals surface area contributed by atoms with Crippen LogP contribution in [0.5, 0.6) is 11.5 Å². The van der Waals surface area contributed by atoms with Crippen LogP contribution in [0.3, 0.4) is 0 Å². The number of benzene rings is 12. The van der Waals surface area contributed by atoms with Crippen LogP contribution in [-0.4, -0.2) is 111 Å². The molecule has 0 saturated heterocycles. The zero-order valence-corrected chi connectivity index (χ0v) is 82.1. The van der Waals surface area contributed by atoms with Crippen LogP contribution in [-0.2, 0) is 87.5 Å². The van der Waals surface area contributed by atoms with Crippen LogP contribution >= 0.6 is 0 Å². The normalized spacial score (nSPS) is 15.0. The van der Waals surface area contributed by atoms with Crippen LogP contribution in [0.1, 0.15) is 102 Å². The number of halogens is 9. The van der Waals surface area contributed by atoms with E-state index in [1.807, 2.05) is 20.8 Å². The van der Waals surface area contributed by atoms with E-state index < -0.39 is 88.8 Å². The molecule has 12 aromatic carbocycles. The van der Waals surface area contributed by atoms with Crippen molar-refractivity contribution in [3.63, 3.8) is 0 Å². The zero-order chi connectivity index (χ0) is 100. The number of hydrogen-bond donors (Lipinski definition) is 0. The van der Waals surface area contributed by atoms with Crippen LogP contribution < -0.4 is 9.47 Å². The molecule has 0 amide bonds. The topological polar surface area (TPSA) is 312 Å². The fourth-order valence-corrected chi connectivity index (χ4v) is 26.6. The fraction of sp³-hybridized carbons (Fsp3) is 0.260. The highest BCUT2D eigenvalue weighted by Gasteiger charge is 2.84. The summed E-state index contributed by atoms with van der Waals surface area (Å²) in [6.45, 7) is 24.8. The largest absolute Gasteiger partial charge is 0.748 e. The van der Waals surface area contributed by atoms with Crippen molar-refractivity contribution in [2.45, 2.75) is 202 Å². The van der Waals surface area contributed by atoms with Crippen LogP contribution in [0.2, 0.25) is 0 Å². The third-order valence-electron chi connectivity index (χ3n) is 20.9. The number of carbonyl (C=O) groups excluding carboxylic acids is 1. The van der Waals surface area contributed by atoms with Crippen LogP contribution in [0.15, 0.2) is 380 Å². The maximum atomic E-state index is 12.8. The van der Waals surface area contributed by atoms with Crippen molar-refractivity contribution >= 4 is 92.9 Å². The first-order valence-corrected chi connectivity index (χ1v) is 52.4. The van der Waals surface area contributed by atoms with Gasteiger partial charge in [0.1, 0.15) is 38.6 Å². The number of carbonyl (C=O) groups is 1. The molecule has 0 N–H and O–H groups in total. The number of rotatable bonds is 19. The van der Waals surface area contributed by atoms with Gasteiger partial charge in [0.15, 0.2) is 54.2 Å². The Kier molecular flexibility index (Phi) is 36.6. The molecule has 135 heavy (non-hydrogen) atoms. The molecule has 35 heteroatoms. The van der Waals surface area contributed by atoms with E-state index in [1.165, 1.54) is 68.3 Å². The van der Waals surface area contributed by atoms with Gasteiger partial charge >= 0.3 is 27.7 Å². The Labute approximate surface area is 792 Å². The predicted molar refractivity (Wildman–Crippen MR) is 503 cm³/mol. The molecular formula is C100H101F9N2O16S8. The van der Waals surface area contributed by atoms with Gasteiger partial charge in [-0.1, -0.05) is 194 Å². The molecule has 0 radical (unpaired) electrons. The Bertz CT molecular complexity index is 6250. The molecule has 0 aliphatic heterocycles. The number of hydrogen-bond acceptors (Lipinski definition) is 16. The Hall–Kier alpha value is -10.7. The van der Waals surface area contributed by atoms with Crippen molar-refractivity contribution in [2.24, 2.45) is 16.7 Å². The molecule has 2 saturated carbocycles. The number of fused-ring (bicyclic) bond motifs is 2. The molecule has 718 valence electrons. The SMILES string of the molecule is CC(C)(C)Oc1ccc([S+](c2ccccc2)c2ccccc2)cc1.CC(C)(C)Oc1ccc([S+](c2ccccc2)c2ccccc2)cc1.CC1(C)C2CCC1(CS(=O)(=O)[O-])C(=O)C2.Cc1ccc(S(=O)(=O)C(=[N+]=[N-])S(=O)(=O)c2ccc(C)cc2C)c(C)c1.Cc1ccc(S(=O)(=O)[O-])cc1.O=S(=O)([O-])C(F)(F)C(F)(F)C(F)(F)C(F)(F)F.c1ccc([S+](c2ccccc2)c2ccccc2)cc1. The lowest BCUT2D eigenvalue weighted by molar-refractivity contribution is -0.382. The number of Topliss-reactive ketones (excluding diaryl/α,β-unsaturated/α-hetero) is 1. The highest BCUT2D eigenvalue weighted by molar-refractivity contribution is 8.31. The standard InChI is InChI=1S/2C22H23OS.C18H15S.C17H18N2O4S2.C10H16O4S.C7H8O3S.C4HF9O3S/c2*1-22(2,3)23-18-14-16-21(17-15-18)24(19-10-6-4-7-11-19)20-12-8-5-9-13-20;1-4-10-16(11-5-1)19(17-12-6-2-7-13-17)18-14-8-3-9-15-18;1-11-5-7-15(13(3)9-11)24(20,21)17(19-18)25(22,23)16-8-6-12(2)10-14(16)4;1-9(2)7-3-4-10(9,8(11)5-7)6-15(12,13)14;1-6-2-4-7(5-3-6)11(8,9)10;5-1(6,3(9,10)11)2(7,8)4(12,13)17(14,15)16/h2*4-17H,1-3H3;1-15H;5-10H,1-4H3;7H,3-6H2,1-2H3,(H,12,13,14);2-5H,1H3,(H,8,9,10);(H,14,15,16)/q3*+1;;;;/p-3. The Morgan fingerprint density at radius 2 is 0.674 bits per heavy atom. The van der Waals surface area contributed by atoms with Gasteiger partial charge in [-0.25, -0.2) is 42.1 Å². The lowest BCUT2D eigenvalue weighted by atomic mass is 9.70. The number of nitrogens with zero attached hydrogens (tertiary/aromatic N) is 2. The first-order valence-electron chi connectivity index (χ1n) is 41.4. The van der Waals surface area contributed by atoms with Gasteiger partial charge < -0.3 is 28.7 Å². The second kappa shape index (κ2) is 45.1. The van der Waals surface area contributed by atoms with Gasteiger partial charge in [-0.05, 0) is 269 Å². The molecule has 0 spiro atoms. The Balaban J connectivity index is 0.000000196. The van der Waals surface area contributed by atoms with Crippen molar-refractivity contribution in [3.05, 3.63) is 355 Å². The summed E-state index contributed by atoms with van der Waals surface area (Å²) in [5.41, 5.74) is 11.0. The summed E-state index contributed by atoms with van der Waals surface area (Å²) in [7, 11) is -25.3. The van der Waals surface area contributed by atoms with Crippen LogP contribution in [0, 0.1) is 51.4 Å².